The number of fused-ring (bicyclic) bond motifs is 3. The van der Waals surface area contributed by atoms with Crippen LogP contribution in [0.4, 0.5) is 0 Å². The van der Waals surface area contributed by atoms with Crippen LogP contribution in [0.2, 0.25) is 0 Å². The summed E-state index contributed by atoms with van der Waals surface area (Å²) in [6.07, 6.45) is 3.23. The number of hydrogen-bond acceptors (Lipinski definition) is 8. The highest BCUT2D eigenvalue weighted by atomic mass is 16.5. The van der Waals surface area contributed by atoms with Crippen LogP contribution in [0, 0.1) is 17.2 Å². The standard InChI is InChI=1S/C32H35N7O5/c1-34-28(41)20-6-8-24-18(12-20)4-5-19-13-21(29(42)35-2)7-9-25(19)32(24,30-37-31(43)44-38(30)3)10-11-36-17-27(40)39-23(16-33)14-22-15-26(22)39/h6-9,12-13,22-23,26,36H,4-5,10-11,14-15,17H2,1-3H3,(H,34,41)(H,35,42)/t22-,23+,26+/m1/s1. The van der Waals surface area contributed by atoms with E-state index in [-0.39, 0.29) is 36.3 Å². The summed E-state index contributed by atoms with van der Waals surface area (Å²) < 4.78 is 6.76. The number of likely N-dealkylation sites (tertiary alicyclic amines) is 1. The van der Waals surface area contributed by atoms with E-state index in [9.17, 15) is 24.4 Å². The van der Waals surface area contributed by atoms with Crippen molar-refractivity contribution in [2.45, 2.75) is 49.6 Å². The van der Waals surface area contributed by atoms with Crippen LogP contribution in [-0.4, -0.2) is 71.6 Å². The zero-order chi connectivity index (χ0) is 31.2. The fraction of sp³-hybridized carbons (Fsp3) is 0.438. The Morgan fingerprint density at radius 2 is 1.64 bits per heavy atom. The molecule has 3 atom stereocenters. The van der Waals surface area contributed by atoms with Gasteiger partial charge >= 0.3 is 5.76 Å². The van der Waals surface area contributed by atoms with Gasteiger partial charge in [0.05, 0.1) is 18.0 Å². The van der Waals surface area contributed by atoms with E-state index in [2.05, 4.69) is 27.0 Å². The molecule has 12 nitrogen and oxygen atoms in total. The Hall–Kier alpha value is -4.76. The van der Waals surface area contributed by atoms with Gasteiger partial charge in [-0.25, -0.2) is 4.79 Å². The van der Waals surface area contributed by atoms with E-state index in [1.807, 2.05) is 24.3 Å². The molecule has 1 saturated carbocycles. The Kier molecular flexibility index (Phi) is 7.59. The largest absolute Gasteiger partial charge is 0.459 e. The third kappa shape index (κ3) is 4.87. The number of aryl methyl sites for hydroxylation is 3. The second-order valence-corrected chi connectivity index (χ2v) is 11.8. The number of nitriles is 1. The minimum absolute atomic E-state index is 0.0696. The number of amides is 3. The lowest BCUT2D eigenvalue weighted by atomic mass is 9.69. The molecule has 3 aromatic rings. The number of nitrogens with one attached hydrogen (secondary N) is 3. The Morgan fingerprint density at radius 1 is 1.02 bits per heavy atom. The maximum Gasteiger partial charge on any atom is 0.459 e. The number of nitrogens with zero attached hydrogens (tertiary/aromatic N) is 4. The predicted molar refractivity (Wildman–Crippen MR) is 159 cm³/mol. The number of benzene rings is 2. The van der Waals surface area contributed by atoms with Gasteiger partial charge in [0, 0.05) is 38.3 Å². The summed E-state index contributed by atoms with van der Waals surface area (Å²) in [6.45, 7) is 0.430. The smallest absolute Gasteiger partial charge is 0.355 e. The van der Waals surface area contributed by atoms with Gasteiger partial charge in [-0.2, -0.15) is 15.0 Å². The molecule has 12 heteroatoms. The average Bonchev–Trinajstić information content (AvgIpc) is 3.60. The van der Waals surface area contributed by atoms with Gasteiger partial charge in [0.25, 0.3) is 11.8 Å². The fourth-order valence-corrected chi connectivity index (χ4v) is 7.24. The average molecular weight is 598 g/mol. The molecule has 3 N–H and O–H groups in total. The van der Waals surface area contributed by atoms with Gasteiger partial charge in [-0.15, -0.1) is 0 Å². The molecule has 44 heavy (non-hydrogen) atoms. The summed E-state index contributed by atoms with van der Waals surface area (Å²) in [7, 11) is 4.79. The van der Waals surface area contributed by atoms with Crippen LogP contribution in [0.1, 0.15) is 68.1 Å². The highest BCUT2D eigenvalue weighted by Crippen LogP contribution is 2.48. The van der Waals surface area contributed by atoms with Crippen molar-refractivity contribution in [1.82, 2.24) is 30.6 Å². The van der Waals surface area contributed by atoms with Gasteiger partial charge in [0.2, 0.25) is 5.91 Å². The molecule has 3 amide bonds. The highest BCUT2D eigenvalue weighted by Gasteiger charge is 2.54. The Balaban J connectivity index is 1.43. The van der Waals surface area contributed by atoms with Crippen molar-refractivity contribution in [2.75, 3.05) is 27.2 Å². The van der Waals surface area contributed by atoms with E-state index in [1.165, 1.54) is 4.74 Å². The molecule has 2 heterocycles. The maximum absolute atomic E-state index is 13.2. The fourth-order valence-electron chi connectivity index (χ4n) is 7.24. The number of aromatic nitrogens is 2. The normalized spacial score (nSPS) is 20.9. The number of carbonyl (C=O) groups excluding carboxylic acids is 3. The van der Waals surface area contributed by atoms with E-state index in [0.29, 0.717) is 48.7 Å². The van der Waals surface area contributed by atoms with Gasteiger partial charge in [-0.3, -0.25) is 14.4 Å². The lowest BCUT2D eigenvalue weighted by molar-refractivity contribution is -0.131. The lowest BCUT2D eigenvalue weighted by Crippen LogP contribution is -2.44. The summed E-state index contributed by atoms with van der Waals surface area (Å²) in [5.41, 5.74) is 3.52. The molecule has 2 aliphatic carbocycles. The molecule has 0 spiro atoms. The van der Waals surface area contributed by atoms with Crippen LogP contribution < -0.4 is 21.7 Å². The molecule has 1 aliphatic heterocycles. The first kappa shape index (κ1) is 29.3. The van der Waals surface area contributed by atoms with Crippen molar-refractivity contribution >= 4 is 17.7 Å². The highest BCUT2D eigenvalue weighted by molar-refractivity contribution is 5.95. The third-order valence-electron chi connectivity index (χ3n) is 9.36. The van der Waals surface area contributed by atoms with Crippen molar-refractivity contribution in [3.8, 4) is 6.07 Å². The summed E-state index contributed by atoms with van der Waals surface area (Å²) in [5.74, 6) is -0.462. The van der Waals surface area contributed by atoms with Crippen molar-refractivity contribution in [3.05, 3.63) is 86.2 Å². The maximum atomic E-state index is 13.2. The Morgan fingerprint density at radius 3 is 2.16 bits per heavy atom. The topological polar surface area (TPSA) is 162 Å². The van der Waals surface area contributed by atoms with E-state index >= 15 is 0 Å². The number of hydrogen-bond donors (Lipinski definition) is 3. The van der Waals surface area contributed by atoms with Crippen LogP contribution >= 0.6 is 0 Å². The Bertz CT molecular complexity index is 1680. The van der Waals surface area contributed by atoms with Crippen molar-refractivity contribution < 1.29 is 18.9 Å². The van der Waals surface area contributed by atoms with Crippen molar-refractivity contribution in [1.29, 1.82) is 5.26 Å². The number of carbonyl (C=O) groups is 3. The van der Waals surface area contributed by atoms with Gasteiger partial charge in [-0.05, 0) is 91.1 Å². The first-order valence-electron chi connectivity index (χ1n) is 14.9. The van der Waals surface area contributed by atoms with Gasteiger partial charge in [0.15, 0.2) is 5.82 Å². The molecule has 2 aromatic carbocycles. The molecule has 2 fully saturated rings. The van der Waals surface area contributed by atoms with Crippen molar-refractivity contribution in [3.63, 3.8) is 0 Å². The molecule has 0 bridgehead atoms. The zero-order valence-corrected chi connectivity index (χ0v) is 25.0. The first-order valence-corrected chi connectivity index (χ1v) is 14.9. The van der Waals surface area contributed by atoms with Gasteiger partial charge in [-0.1, -0.05) is 12.1 Å². The van der Waals surface area contributed by atoms with E-state index in [0.717, 1.165) is 35.1 Å². The summed E-state index contributed by atoms with van der Waals surface area (Å²) >= 11 is 0. The summed E-state index contributed by atoms with van der Waals surface area (Å²) in [6, 6.07) is 13.1. The Labute approximate surface area is 254 Å². The number of rotatable bonds is 8. The molecular weight excluding hydrogens is 562 g/mol. The van der Waals surface area contributed by atoms with Crippen LogP contribution in [0.3, 0.4) is 0 Å². The second-order valence-electron chi connectivity index (χ2n) is 11.8. The summed E-state index contributed by atoms with van der Waals surface area (Å²) in [4.78, 5) is 57.0. The molecular formula is C32H35N7O5. The van der Waals surface area contributed by atoms with E-state index in [4.69, 9.17) is 4.52 Å². The molecule has 6 rings (SSSR count). The molecule has 1 saturated heterocycles. The molecule has 0 unspecified atom stereocenters. The van der Waals surface area contributed by atoms with E-state index in [1.54, 1.807) is 38.2 Å². The van der Waals surface area contributed by atoms with Crippen LogP contribution in [0.5, 0.6) is 0 Å². The molecule has 1 aromatic heterocycles. The first-order chi connectivity index (χ1) is 21.2. The van der Waals surface area contributed by atoms with Gasteiger partial charge in [0.1, 0.15) is 6.04 Å². The van der Waals surface area contributed by atoms with Crippen LogP contribution in [0.15, 0.2) is 45.7 Å². The molecule has 0 radical (unpaired) electrons. The zero-order valence-electron chi connectivity index (χ0n) is 25.0. The lowest BCUT2D eigenvalue weighted by Gasteiger charge is -2.35. The predicted octanol–water partition coefficient (Wildman–Crippen LogP) is 1.02. The quantitative estimate of drug-likeness (QED) is 0.324. The monoisotopic (exact) mass is 597 g/mol. The van der Waals surface area contributed by atoms with Crippen LogP contribution in [-0.2, 0) is 30.1 Å². The van der Waals surface area contributed by atoms with Gasteiger partial charge < -0.3 is 25.4 Å². The molecule has 3 aliphatic rings. The van der Waals surface area contributed by atoms with Crippen molar-refractivity contribution in [2.24, 2.45) is 13.0 Å². The SMILES string of the molecule is CNC(=O)c1ccc2c(c1)CCc1cc(C(=O)NC)ccc1C2(CCNCC(=O)N1[C@H](C#N)C[C@@H]2C[C@@H]21)c1nc(=O)on1C. The minimum atomic E-state index is -1.02. The minimum Gasteiger partial charge on any atom is -0.355 e. The molecule has 228 valence electrons. The summed E-state index contributed by atoms with van der Waals surface area (Å²) in [5, 5.41) is 18.2. The van der Waals surface area contributed by atoms with Crippen LogP contribution in [0.25, 0.3) is 0 Å². The third-order valence-corrected chi connectivity index (χ3v) is 9.36. The number of piperidine rings is 1. The van der Waals surface area contributed by atoms with E-state index < -0.39 is 11.2 Å². The second kappa shape index (κ2) is 11.4.